The summed E-state index contributed by atoms with van der Waals surface area (Å²) in [6.07, 6.45) is 2.61. The summed E-state index contributed by atoms with van der Waals surface area (Å²) < 4.78 is 0. The fourth-order valence-corrected chi connectivity index (χ4v) is 4.34. The van der Waals surface area contributed by atoms with Gasteiger partial charge < -0.3 is 10.2 Å². The number of para-hydroxylation sites is 1. The lowest BCUT2D eigenvalue weighted by Crippen LogP contribution is -2.44. The molecule has 3 aromatic carbocycles. The second kappa shape index (κ2) is 8.54. The summed E-state index contributed by atoms with van der Waals surface area (Å²) in [5.41, 5.74) is 5.95. The first kappa shape index (κ1) is 19.9. The third-order valence-corrected chi connectivity index (χ3v) is 5.84. The predicted molar refractivity (Wildman–Crippen MR) is 122 cm³/mol. The van der Waals surface area contributed by atoms with Crippen LogP contribution < -0.4 is 10.2 Å². The van der Waals surface area contributed by atoms with Crippen molar-refractivity contribution in [1.82, 2.24) is 0 Å². The van der Waals surface area contributed by atoms with Gasteiger partial charge in [-0.1, -0.05) is 55.5 Å². The summed E-state index contributed by atoms with van der Waals surface area (Å²) in [7, 11) is 0. The van der Waals surface area contributed by atoms with Crippen LogP contribution >= 0.6 is 0 Å². The van der Waals surface area contributed by atoms with Crippen molar-refractivity contribution in [3.05, 3.63) is 83.9 Å². The zero-order valence-electron chi connectivity index (χ0n) is 17.3. The van der Waals surface area contributed by atoms with Gasteiger partial charge in [0.1, 0.15) is 6.29 Å². The van der Waals surface area contributed by atoms with Gasteiger partial charge in [0.2, 0.25) is 5.91 Å². The quantitative estimate of drug-likeness (QED) is 0.548. The fourth-order valence-electron chi connectivity index (χ4n) is 4.34. The maximum absolute atomic E-state index is 12.5. The number of hydrogen-bond acceptors (Lipinski definition) is 3. The van der Waals surface area contributed by atoms with Crippen LogP contribution in [0, 0.1) is 0 Å². The predicted octanol–water partition coefficient (Wildman–Crippen LogP) is 5.85. The second-order valence-electron chi connectivity index (χ2n) is 7.76. The van der Waals surface area contributed by atoms with E-state index >= 15 is 0 Å². The Morgan fingerprint density at radius 1 is 1.03 bits per heavy atom. The van der Waals surface area contributed by atoms with E-state index in [9.17, 15) is 9.59 Å². The van der Waals surface area contributed by atoms with Crippen molar-refractivity contribution in [2.75, 3.05) is 10.2 Å². The number of nitrogens with zero attached hydrogens (tertiary/aromatic N) is 1. The van der Waals surface area contributed by atoms with Crippen LogP contribution in [0.1, 0.15) is 48.7 Å². The maximum Gasteiger partial charge on any atom is 0.224 e. The van der Waals surface area contributed by atoms with Gasteiger partial charge in [0.15, 0.2) is 0 Å². The van der Waals surface area contributed by atoms with Crippen molar-refractivity contribution in [2.45, 2.75) is 38.8 Å². The minimum absolute atomic E-state index is 0.0735. The summed E-state index contributed by atoms with van der Waals surface area (Å²) in [6, 6.07) is 24.3. The number of hydrogen-bond donors (Lipinski definition) is 1. The number of benzene rings is 3. The van der Waals surface area contributed by atoms with Crippen LogP contribution in [0.15, 0.2) is 72.8 Å². The van der Waals surface area contributed by atoms with E-state index in [1.165, 1.54) is 0 Å². The Morgan fingerprint density at radius 3 is 2.37 bits per heavy atom. The molecule has 1 aliphatic heterocycles. The molecule has 4 heteroatoms. The summed E-state index contributed by atoms with van der Waals surface area (Å²) in [6.45, 7) is 3.78. The highest BCUT2D eigenvalue weighted by Gasteiger charge is 2.34. The van der Waals surface area contributed by atoms with Gasteiger partial charge in [-0.25, -0.2) is 0 Å². The third kappa shape index (κ3) is 3.86. The summed E-state index contributed by atoms with van der Waals surface area (Å²) in [5.74, 6) is 0.0735. The zero-order chi connectivity index (χ0) is 21.1. The van der Waals surface area contributed by atoms with Crippen LogP contribution in [-0.2, 0) is 4.79 Å². The Morgan fingerprint density at radius 2 is 1.73 bits per heavy atom. The Labute approximate surface area is 177 Å². The van der Waals surface area contributed by atoms with Crippen LogP contribution in [-0.4, -0.2) is 18.2 Å². The van der Waals surface area contributed by atoms with Gasteiger partial charge in [-0.15, -0.1) is 0 Å². The molecule has 1 aliphatic rings. The lowest BCUT2D eigenvalue weighted by molar-refractivity contribution is -0.117. The topological polar surface area (TPSA) is 49.4 Å². The van der Waals surface area contributed by atoms with E-state index in [2.05, 4.69) is 42.6 Å². The van der Waals surface area contributed by atoms with E-state index in [0.29, 0.717) is 5.56 Å². The van der Waals surface area contributed by atoms with Crippen molar-refractivity contribution in [1.29, 1.82) is 0 Å². The van der Waals surface area contributed by atoms with Gasteiger partial charge in [-0.2, -0.15) is 0 Å². The Kier molecular flexibility index (Phi) is 5.66. The van der Waals surface area contributed by atoms with Crippen LogP contribution in [0.3, 0.4) is 0 Å². The Bertz CT molecular complexity index is 1040. The van der Waals surface area contributed by atoms with E-state index in [1.807, 2.05) is 47.4 Å². The molecule has 0 aliphatic carbocycles. The zero-order valence-corrected chi connectivity index (χ0v) is 17.3. The van der Waals surface area contributed by atoms with Crippen molar-refractivity contribution in [2.24, 2.45) is 0 Å². The average Bonchev–Trinajstić information content (AvgIpc) is 2.79. The molecule has 0 saturated heterocycles. The summed E-state index contributed by atoms with van der Waals surface area (Å²) >= 11 is 0. The molecule has 0 bridgehead atoms. The van der Waals surface area contributed by atoms with Crippen molar-refractivity contribution in [3.63, 3.8) is 0 Å². The van der Waals surface area contributed by atoms with Crippen molar-refractivity contribution in [3.8, 4) is 11.1 Å². The molecule has 0 aromatic heterocycles. The highest BCUT2D eigenvalue weighted by molar-refractivity contribution is 5.94. The van der Waals surface area contributed by atoms with Gasteiger partial charge in [-0.05, 0) is 53.8 Å². The van der Waals surface area contributed by atoms with Crippen LogP contribution in [0.25, 0.3) is 11.1 Å². The largest absolute Gasteiger partial charge is 0.378 e. The number of carbonyl (C=O) groups is 2. The van der Waals surface area contributed by atoms with Crippen LogP contribution in [0.5, 0.6) is 0 Å². The van der Waals surface area contributed by atoms with E-state index < -0.39 is 0 Å². The first-order valence-electron chi connectivity index (χ1n) is 10.4. The second-order valence-corrected chi connectivity index (χ2v) is 7.76. The van der Waals surface area contributed by atoms with E-state index in [0.717, 1.165) is 47.2 Å². The van der Waals surface area contributed by atoms with E-state index in [1.54, 1.807) is 6.92 Å². The fraction of sp³-hybridized carbons (Fsp3) is 0.231. The van der Waals surface area contributed by atoms with Crippen LogP contribution in [0.2, 0.25) is 0 Å². The number of rotatable bonds is 5. The minimum Gasteiger partial charge on any atom is -0.378 e. The number of amides is 1. The molecule has 0 radical (unpaired) electrons. The standard InChI is InChI=1S/C26H26N2O2/c1-3-23-16-25(27-22-7-5-4-6-8-22)24-15-21(13-14-26(24)28(23)18(2)30)20-11-9-19(17-29)10-12-20/h4-15,17,23,25,27H,3,16H2,1-2H3/t23-,25+/m0/s1. The van der Waals surface area contributed by atoms with Crippen molar-refractivity contribution >= 4 is 23.6 Å². The highest BCUT2D eigenvalue weighted by atomic mass is 16.2. The molecule has 1 amide bonds. The van der Waals surface area contributed by atoms with Gasteiger partial charge in [0.25, 0.3) is 0 Å². The number of carbonyl (C=O) groups excluding carboxylic acids is 2. The Balaban J connectivity index is 1.78. The molecule has 0 unspecified atom stereocenters. The molecule has 152 valence electrons. The molecule has 4 rings (SSSR count). The number of aldehydes is 1. The third-order valence-electron chi connectivity index (χ3n) is 5.84. The lowest BCUT2D eigenvalue weighted by atomic mass is 9.87. The number of fused-ring (bicyclic) bond motifs is 1. The average molecular weight is 399 g/mol. The van der Waals surface area contributed by atoms with Gasteiger partial charge in [-0.3, -0.25) is 9.59 Å². The summed E-state index contributed by atoms with van der Waals surface area (Å²) in [4.78, 5) is 25.4. The smallest absolute Gasteiger partial charge is 0.224 e. The molecule has 3 aromatic rings. The van der Waals surface area contributed by atoms with Gasteiger partial charge in [0.05, 0.1) is 6.04 Å². The monoisotopic (exact) mass is 398 g/mol. The van der Waals surface area contributed by atoms with Gasteiger partial charge >= 0.3 is 0 Å². The maximum atomic E-state index is 12.5. The molecule has 4 nitrogen and oxygen atoms in total. The van der Waals surface area contributed by atoms with Crippen molar-refractivity contribution < 1.29 is 9.59 Å². The Hall–Kier alpha value is -3.40. The highest BCUT2D eigenvalue weighted by Crippen LogP contribution is 2.42. The molecule has 30 heavy (non-hydrogen) atoms. The van der Waals surface area contributed by atoms with Gasteiger partial charge in [0, 0.05) is 29.9 Å². The first-order chi connectivity index (χ1) is 14.6. The molecule has 0 spiro atoms. The molecule has 1 N–H and O–H groups in total. The van der Waals surface area contributed by atoms with Crippen LogP contribution in [0.4, 0.5) is 11.4 Å². The lowest BCUT2D eigenvalue weighted by Gasteiger charge is -2.41. The molecule has 0 saturated carbocycles. The molecule has 2 atom stereocenters. The van der Waals surface area contributed by atoms with E-state index in [-0.39, 0.29) is 18.0 Å². The SMILES string of the molecule is CC[C@H]1C[C@@H](Nc2ccccc2)c2cc(-c3ccc(C=O)cc3)ccc2N1C(C)=O. The number of anilines is 2. The minimum atomic E-state index is 0.0735. The molecule has 1 heterocycles. The molecule has 0 fully saturated rings. The molecular weight excluding hydrogens is 372 g/mol. The first-order valence-corrected chi connectivity index (χ1v) is 10.4. The van der Waals surface area contributed by atoms with E-state index in [4.69, 9.17) is 0 Å². The normalized spacial score (nSPS) is 17.9. The molecular formula is C26H26N2O2. The summed E-state index contributed by atoms with van der Waals surface area (Å²) in [5, 5.41) is 3.67. The number of nitrogens with one attached hydrogen (secondary N) is 1.